The number of aromatic nitrogens is 3. The molecule has 100 valence electrons. The molecule has 0 amide bonds. The molecule has 0 bridgehead atoms. The monoisotopic (exact) mass is 269 g/mol. The number of rotatable bonds is 3. The number of carboxylic acids is 1. The van der Waals surface area contributed by atoms with Crippen LogP contribution in [0.15, 0.2) is 34.9 Å². The molecule has 1 saturated carbocycles. The zero-order chi connectivity index (χ0) is 13.7. The summed E-state index contributed by atoms with van der Waals surface area (Å²) in [5, 5.41) is 13.4. The molecule has 0 radical (unpaired) electrons. The van der Waals surface area contributed by atoms with E-state index in [0.29, 0.717) is 23.0 Å². The van der Waals surface area contributed by atoms with Crippen molar-refractivity contribution in [3.05, 3.63) is 41.7 Å². The summed E-state index contributed by atoms with van der Waals surface area (Å²) in [4.78, 5) is 15.2. The topological polar surface area (TPSA) is 81.1 Å². The number of carbonyl (C=O) groups is 1. The Hall–Kier alpha value is -2.63. The van der Waals surface area contributed by atoms with E-state index in [9.17, 15) is 4.79 Å². The van der Waals surface area contributed by atoms with Gasteiger partial charge in [0.25, 0.3) is 0 Å². The van der Waals surface area contributed by atoms with E-state index in [4.69, 9.17) is 9.52 Å². The van der Waals surface area contributed by atoms with Crippen molar-refractivity contribution < 1.29 is 14.3 Å². The lowest BCUT2D eigenvalue weighted by Crippen LogP contribution is -1.95. The second-order valence-corrected chi connectivity index (χ2v) is 4.94. The summed E-state index contributed by atoms with van der Waals surface area (Å²) >= 11 is 0. The van der Waals surface area contributed by atoms with Crippen LogP contribution in [0.25, 0.3) is 17.1 Å². The van der Waals surface area contributed by atoms with Gasteiger partial charge in [-0.1, -0.05) is 0 Å². The molecule has 1 aliphatic carbocycles. The highest BCUT2D eigenvalue weighted by Gasteiger charge is 2.26. The molecular formula is C14H11N3O3. The first-order chi connectivity index (χ1) is 9.70. The first kappa shape index (κ1) is 11.2. The predicted molar refractivity (Wildman–Crippen MR) is 70.1 cm³/mol. The highest BCUT2D eigenvalue weighted by atomic mass is 16.4. The van der Waals surface area contributed by atoms with Crippen LogP contribution in [-0.4, -0.2) is 25.8 Å². The maximum absolute atomic E-state index is 10.9. The van der Waals surface area contributed by atoms with Crippen LogP contribution in [0.1, 0.15) is 34.8 Å². The van der Waals surface area contributed by atoms with Crippen LogP contribution in [-0.2, 0) is 0 Å². The first-order valence-corrected chi connectivity index (χ1v) is 6.40. The molecule has 6 heteroatoms. The van der Waals surface area contributed by atoms with Gasteiger partial charge in [-0.25, -0.2) is 4.79 Å². The Bertz CT molecular complexity index is 814. The third kappa shape index (κ3) is 1.77. The Morgan fingerprint density at radius 1 is 1.35 bits per heavy atom. The molecule has 0 unspecified atom stereocenters. The molecule has 1 aliphatic rings. The number of hydrogen-bond donors (Lipinski definition) is 1. The van der Waals surface area contributed by atoms with Crippen molar-refractivity contribution in [2.45, 2.75) is 18.8 Å². The summed E-state index contributed by atoms with van der Waals surface area (Å²) in [6, 6.07) is 6.94. The Morgan fingerprint density at radius 3 is 2.95 bits per heavy atom. The summed E-state index contributed by atoms with van der Waals surface area (Å²) in [6.45, 7) is 0. The average molecular weight is 269 g/mol. The molecular weight excluding hydrogens is 258 g/mol. The van der Waals surface area contributed by atoms with Gasteiger partial charge in [0.15, 0.2) is 5.58 Å². The Kier molecular flexibility index (Phi) is 2.20. The van der Waals surface area contributed by atoms with E-state index in [1.807, 2.05) is 12.3 Å². The van der Waals surface area contributed by atoms with Crippen molar-refractivity contribution in [2.75, 3.05) is 0 Å². The standard InChI is InChI=1S/C14H11N3O3/c18-13(19)9-3-4-11-12(7-9)20-14(15-11)17-6-5-10(16-17)8-1-2-8/h3-8H,1-2H2,(H,18,19). The van der Waals surface area contributed by atoms with Crippen molar-refractivity contribution in [1.82, 2.24) is 14.8 Å². The van der Waals surface area contributed by atoms with Crippen molar-refractivity contribution in [1.29, 1.82) is 0 Å². The molecule has 1 aromatic carbocycles. The number of aromatic carboxylic acids is 1. The smallest absolute Gasteiger partial charge is 0.335 e. The quantitative estimate of drug-likeness (QED) is 0.790. The van der Waals surface area contributed by atoms with Crippen LogP contribution in [0.5, 0.6) is 0 Å². The van der Waals surface area contributed by atoms with Crippen molar-refractivity contribution in [2.24, 2.45) is 0 Å². The van der Waals surface area contributed by atoms with E-state index >= 15 is 0 Å². The van der Waals surface area contributed by atoms with Crippen LogP contribution in [0, 0.1) is 0 Å². The normalized spacial score (nSPS) is 14.8. The SMILES string of the molecule is O=C(O)c1ccc2nc(-n3ccc(C4CC4)n3)oc2c1. The van der Waals surface area contributed by atoms with E-state index in [2.05, 4.69) is 10.1 Å². The van der Waals surface area contributed by atoms with Gasteiger partial charge in [-0.05, 0) is 37.1 Å². The zero-order valence-electron chi connectivity index (χ0n) is 10.5. The van der Waals surface area contributed by atoms with E-state index < -0.39 is 5.97 Å². The van der Waals surface area contributed by atoms with Crippen LogP contribution in [0.4, 0.5) is 0 Å². The minimum Gasteiger partial charge on any atom is -0.478 e. The molecule has 20 heavy (non-hydrogen) atoms. The van der Waals surface area contributed by atoms with E-state index in [1.165, 1.54) is 25.0 Å². The van der Waals surface area contributed by atoms with Crippen LogP contribution in [0.2, 0.25) is 0 Å². The molecule has 0 spiro atoms. The molecule has 2 aromatic heterocycles. The minimum atomic E-state index is -0.986. The van der Waals surface area contributed by atoms with Crippen molar-refractivity contribution in [3.8, 4) is 6.01 Å². The fraction of sp³-hybridized carbons (Fsp3) is 0.214. The lowest BCUT2D eigenvalue weighted by atomic mass is 10.2. The molecule has 1 N–H and O–H groups in total. The molecule has 0 aliphatic heterocycles. The Balaban J connectivity index is 1.77. The van der Waals surface area contributed by atoms with Gasteiger partial charge in [0.2, 0.25) is 0 Å². The Labute approximate surface area is 113 Å². The molecule has 0 saturated heterocycles. The molecule has 6 nitrogen and oxygen atoms in total. The third-order valence-corrected chi connectivity index (χ3v) is 3.43. The lowest BCUT2D eigenvalue weighted by Gasteiger charge is -1.92. The maximum atomic E-state index is 10.9. The third-order valence-electron chi connectivity index (χ3n) is 3.43. The van der Waals surface area contributed by atoms with E-state index in [1.54, 1.807) is 10.7 Å². The van der Waals surface area contributed by atoms with Gasteiger partial charge in [0.05, 0.1) is 11.3 Å². The highest BCUT2D eigenvalue weighted by Crippen LogP contribution is 2.39. The molecule has 2 heterocycles. The largest absolute Gasteiger partial charge is 0.478 e. The maximum Gasteiger partial charge on any atom is 0.335 e. The second-order valence-electron chi connectivity index (χ2n) is 4.94. The van der Waals surface area contributed by atoms with E-state index in [0.717, 1.165) is 5.69 Å². The number of benzene rings is 1. The van der Waals surface area contributed by atoms with Crippen LogP contribution in [0.3, 0.4) is 0 Å². The Morgan fingerprint density at radius 2 is 2.20 bits per heavy atom. The summed E-state index contributed by atoms with van der Waals surface area (Å²) in [7, 11) is 0. The number of nitrogens with zero attached hydrogens (tertiary/aromatic N) is 3. The lowest BCUT2D eigenvalue weighted by molar-refractivity contribution is 0.0697. The summed E-state index contributed by atoms with van der Waals surface area (Å²) in [6.07, 6.45) is 4.19. The van der Waals surface area contributed by atoms with Gasteiger partial charge in [-0.2, -0.15) is 14.8 Å². The molecule has 1 fully saturated rings. The summed E-state index contributed by atoms with van der Waals surface area (Å²) in [5.41, 5.74) is 2.30. The van der Waals surface area contributed by atoms with Gasteiger partial charge in [-0.15, -0.1) is 0 Å². The van der Waals surface area contributed by atoms with Crippen molar-refractivity contribution >= 4 is 17.1 Å². The van der Waals surface area contributed by atoms with Crippen LogP contribution >= 0.6 is 0 Å². The fourth-order valence-electron chi connectivity index (χ4n) is 2.18. The fourth-order valence-corrected chi connectivity index (χ4v) is 2.18. The van der Waals surface area contributed by atoms with Gasteiger partial charge in [0.1, 0.15) is 5.52 Å². The van der Waals surface area contributed by atoms with Crippen molar-refractivity contribution in [3.63, 3.8) is 0 Å². The highest BCUT2D eigenvalue weighted by molar-refractivity contribution is 5.91. The molecule has 0 atom stereocenters. The number of hydrogen-bond acceptors (Lipinski definition) is 4. The number of carboxylic acid groups (broad SMARTS) is 1. The average Bonchev–Trinajstić information content (AvgIpc) is 3.03. The summed E-state index contributed by atoms with van der Waals surface area (Å²) < 4.78 is 7.18. The van der Waals surface area contributed by atoms with Gasteiger partial charge < -0.3 is 9.52 Å². The summed E-state index contributed by atoms with van der Waals surface area (Å²) in [5.74, 6) is -0.417. The predicted octanol–water partition coefficient (Wildman–Crippen LogP) is 2.59. The molecule has 3 aromatic rings. The van der Waals surface area contributed by atoms with Gasteiger partial charge in [0, 0.05) is 12.1 Å². The van der Waals surface area contributed by atoms with Gasteiger partial charge in [-0.3, -0.25) is 0 Å². The second kappa shape index (κ2) is 3.93. The van der Waals surface area contributed by atoms with Gasteiger partial charge >= 0.3 is 12.0 Å². The zero-order valence-corrected chi connectivity index (χ0v) is 10.5. The van der Waals surface area contributed by atoms with Crippen LogP contribution < -0.4 is 0 Å². The van der Waals surface area contributed by atoms with E-state index in [-0.39, 0.29) is 5.56 Å². The molecule has 4 rings (SSSR count). The minimum absolute atomic E-state index is 0.180. The number of fused-ring (bicyclic) bond motifs is 1. The first-order valence-electron chi connectivity index (χ1n) is 6.40. The number of oxazole rings is 1.